The van der Waals surface area contributed by atoms with E-state index in [-0.39, 0.29) is 5.91 Å². The third-order valence-corrected chi connectivity index (χ3v) is 5.48. The van der Waals surface area contributed by atoms with E-state index >= 15 is 0 Å². The largest absolute Gasteiger partial charge is 0.342 e. The van der Waals surface area contributed by atoms with Crippen LogP contribution in [-0.2, 0) is 4.79 Å². The maximum absolute atomic E-state index is 12.4. The van der Waals surface area contributed by atoms with Gasteiger partial charge in [0.25, 0.3) is 0 Å². The van der Waals surface area contributed by atoms with Crippen LogP contribution in [0.2, 0.25) is 0 Å². The van der Waals surface area contributed by atoms with E-state index in [9.17, 15) is 4.79 Å². The second-order valence-corrected chi connectivity index (χ2v) is 7.20. The average Bonchev–Trinajstić information content (AvgIpc) is 3.05. The van der Waals surface area contributed by atoms with Crippen LogP contribution in [0.25, 0.3) is 16.6 Å². The molecule has 0 atom stereocenters. The Morgan fingerprint density at radius 1 is 1.17 bits per heavy atom. The Bertz CT molecular complexity index is 899. The highest BCUT2D eigenvalue weighted by molar-refractivity contribution is 7.99. The van der Waals surface area contributed by atoms with Crippen LogP contribution in [0.15, 0.2) is 35.5 Å². The number of para-hydroxylation sites is 1. The van der Waals surface area contributed by atoms with E-state index in [0.29, 0.717) is 5.75 Å². The van der Waals surface area contributed by atoms with Crippen molar-refractivity contribution in [1.82, 2.24) is 19.5 Å². The molecule has 0 bridgehead atoms. The first-order valence-electron chi connectivity index (χ1n) is 8.38. The predicted octanol–water partition coefficient (Wildman–Crippen LogP) is 3.30. The van der Waals surface area contributed by atoms with E-state index in [4.69, 9.17) is 0 Å². The molecule has 24 heavy (non-hydrogen) atoms. The second kappa shape index (κ2) is 6.43. The van der Waals surface area contributed by atoms with E-state index in [1.54, 1.807) is 0 Å². The molecule has 1 aromatic carbocycles. The Labute approximate surface area is 145 Å². The molecule has 0 N–H and O–H groups in total. The molecular weight excluding hydrogens is 320 g/mol. The number of carbonyl (C=O) groups is 1. The van der Waals surface area contributed by atoms with E-state index < -0.39 is 0 Å². The van der Waals surface area contributed by atoms with Gasteiger partial charge in [0.1, 0.15) is 0 Å². The van der Waals surface area contributed by atoms with Crippen LogP contribution in [0.1, 0.15) is 24.8 Å². The van der Waals surface area contributed by atoms with Gasteiger partial charge < -0.3 is 4.90 Å². The lowest BCUT2D eigenvalue weighted by molar-refractivity contribution is -0.129. The van der Waals surface area contributed by atoms with Gasteiger partial charge in [-0.25, -0.2) is 0 Å². The number of nitrogens with zero attached hydrogens (tertiary/aromatic N) is 4. The van der Waals surface area contributed by atoms with Crippen molar-refractivity contribution >= 4 is 34.2 Å². The maximum Gasteiger partial charge on any atom is 0.233 e. The number of pyridine rings is 1. The van der Waals surface area contributed by atoms with Crippen LogP contribution in [0.5, 0.6) is 0 Å². The topological polar surface area (TPSA) is 50.5 Å². The molecule has 1 saturated heterocycles. The van der Waals surface area contributed by atoms with Crippen molar-refractivity contribution in [1.29, 1.82) is 0 Å². The van der Waals surface area contributed by atoms with Gasteiger partial charge in [0.15, 0.2) is 10.8 Å². The Balaban J connectivity index is 1.63. The normalized spacial score (nSPS) is 15.3. The third-order valence-electron chi connectivity index (χ3n) is 4.57. The summed E-state index contributed by atoms with van der Waals surface area (Å²) in [6, 6.07) is 10.3. The molecule has 124 valence electrons. The Morgan fingerprint density at radius 2 is 1.96 bits per heavy atom. The van der Waals surface area contributed by atoms with Crippen LogP contribution >= 0.6 is 11.8 Å². The van der Waals surface area contributed by atoms with Gasteiger partial charge >= 0.3 is 0 Å². The number of aromatic nitrogens is 3. The van der Waals surface area contributed by atoms with E-state index in [2.05, 4.69) is 32.8 Å². The lowest BCUT2D eigenvalue weighted by Gasteiger charge is -2.26. The Kier molecular flexibility index (Phi) is 4.14. The number of rotatable bonds is 3. The zero-order valence-electron chi connectivity index (χ0n) is 13.7. The average molecular weight is 340 g/mol. The number of thioether (sulfide) groups is 1. The number of hydrogen-bond donors (Lipinski definition) is 0. The number of carbonyl (C=O) groups excluding carboxylic acids is 1. The molecule has 1 aliphatic heterocycles. The first-order valence-corrected chi connectivity index (χ1v) is 9.36. The van der Waals surface area contributed by atoms with Crippen molar-refractivity contribution in [3.63, 3.8) is 0 Å². The molecule has 0 unspecified atom stereocenters. The minimum atomic E-state index is 0.202. The van der Waals surface area contributed by atoms with Gasteiger partial charge in [0.05, 0.1) is 11.3 Å². The molecule has 5 nitrogen and oxygen atoms in total. The zero-order chi connectivity index (χ0) is 16.5. The minimum Gasteiger partial charge on any atom is -0.342 e. The molecule has 3 aromatic rings. The zero-order valence-corrected chi connectivity index (χ0v) is 14.6. The fraction of sp³-hybridized carbons (Fsp3) is 0.389. The van der Waals surface area contributed by atoms with Crippen molar-refractivity contribution in [2.75, 3.05) is 18.8 Å². The van der Waals surface area contributed by atoms with Crippen LogP contribution in [-0.4, -0.2) is 44.2 Å². The van der Waals surface area contributed by atoms with Crippen LogP contribution in [0, 0.1) is 6.92 Å². The number of fused-ring (bicyclic) bond motifs is 3. The minimum absolute atomic E-state index is 0.202. The molecule has 1 fully saturated rings. The Hall–Kier alpha value is -2.08. The molecule has 1 aliphatic rings. The summed E-state index contributed by atoms with van der Waals surface area (Å²) in [4.78, 5) is 14.4. The SMILES string of the molecule is Cc1cc2ccccc2n2c(SCC(=O)N3CCCCC3)nnc12. The summed E-state index contributed by atoms with van der Waals surface area (Å²) in [5.41, 5.74) is 3.04. The maximum atomic E-state index is 12.4. The highest BCUT2D eigenvalue weighted by Gasteiger charge is 2.18. The van der Waals surface area contributed by atoms with E-state index in [0.717, 1.165) is 53.2 Å². The van der Waals surface area contributed by atoms with Crippen molar-refractivity contribution in [3.05, 3.63) is 35.9 Å². The molecule has 0 saturated carbocycles. The smallest absolute Gasteiger partial charge is 0.233 e. The fourth-order valence-electron chi connectivity index (χ4n) is 3.31. The molecule has 3 heterocycles. The van der Waals surface area contributed by atoms with Gasteiger partial charge in [-0.2, -0.15) is 0 Å². The van der Waals surface area contributed by atoms with Gasteiger partial charge in [0, 0.05) is 13.1 Å². The lowest BCUT2D eigenvalue weighted by Crippen LogP contribution is -2.36. The van der Waals surface area contributed by atoms with Crippen molar-refractivity contribution in [2.24, 2.45) is 0 Å². The standard InChI is InChI=1S/C18H20N4OS/c1-13-11-14-7-3-4-8-15(14)22-17(13)19-20-18(22)24-12-16(23)21-9-5-2-6-10-21/h3-4,7-8,11H,2,5-6,9-10,12H2,1H3. The lowest BCUT2D eigenvalue weighted by atomic mass is 10.1. The monoisotopic (exact) mass is 340 g/mol. The molecular formula is C18H20N4OS. The van der Waals surface area contributed by atoms with Gasteiger partial charge in [-0.05, 0) is 49.3 Å². The second-order valence-electron chi connectivity index (χ2n) is 6.26. The van der Waals surface area contributed by atoms with E-state index in [1.807, 2.05) is 24.0 Å². The summed E-state index contributed by atoms with van der Waals surface area (Å²) in [5, 5.41) is 10.6. The number of amides is 1. The molecule has 0 spiro atoms. The highest BCUT2D eigenvalue weighted by Crippen LogP contribution is 2.25. The number of likely N-dealkylation sites (tertiary alicyclic amines) is 1. The molecule has 1 amide bonds. The summed E-state index contributed by atoms with van der Waals surface area (Å²) >= 11 is 1.48. The fourth-order valence-corrected chi connectivity index (χ4v) is 4.16. The highest BCUT2D eigenvalue weighted by atomic mass is 32.2. The van der Waals surface area contributed by atoms with Crippen molar-refractivity contribution < 1.29 is 4.79 Å². The molecule has 2 aromatic heterocycles. The van der Waals surface area contributed by atoms with Gasteiger partial charge in [-0.1, -0.05) is 30.0 Å². The van der Waals surface area contributed by atoms with Crippen molar-refractivity contribution in [2.45, 2.75) is 31.3 Å². The molecule has 4 rings (SSSR count). The molecule has 0 aliphatic carbocycles. The third kappa shape index (κ3) is 2.75. The van der Waals surface area contributed by atoms with Crippen LogP contribution < -0.4 is 0 Å². The Morgan fingerprint density at radius 3 is 2.79 bits per heavy atom. The summed E-state index contributed by atoms with van der Waals surface area (Å²) < 4.78 is 2.07. The summed E-state index contributed by atoms with van der Waals surface area (Å²) in [6.45, 7) is 3.83. The first-order chi connectivity index (χ1) is 11.7. The molecule has 0 radical (unpaired) electrons. The number of piperidine rings is 1. The molecule has 6 heteroatoms. The summed E-state index contributed by atoms with van der Waals surface area (Å²) in [5.74, 6) is 0.622. The number of aryl methyl sites for hydroxylation is 1. The summed E-state index contributed by atoms with van der Waals surface area (Å²) in [6.07, 6.45) is 3.47. The van der Waals surface area contributed by atoms with Crippen molar-refractivity contribution in [3.8, 4) is 0 Å². The van der Waals surface area contributed by atoms with E-state index in [1.165, 1.54) is 18.2 Å². The van der Waals surface area contributed by atoms with Gasteiger partial charge in [-0.3, -0.25) is 9.20 Å². The quantitative estimate of drug-likeness (QED) is 0.687. The van der Waals surface area contributed by atoms with Crippen LogP contribution in [0.4, 0.5) is 0 Å². The predicted molar refractivity (Wildman–Crippen MR) is 96.4 cm³/mol. The number of benzene rings is 1. The summed E-state index contributed by atoms with van der Waals surface area (Å²) in [7, 11) is 0. The van der Waals surface area contributed by atoms with Crippen LogP contribution in [0.3, 0.4) is 0 Å². The van der Waals surface area contributed by atoms with Gasteiger partial charge in [0.2, 0.25) is 5.91 Å². The van der Waals surface area contributed by atoms with Gasteiger partial charge in [-0.15, -0.1) is 10.2 Å². The first kappa shape index (κ1) is 15.4. The number of hydrogen-bond acceptors (Lipinski definition) is 4.